The molecule has 104 valence electrons. The van der Waals surface area contributed by atoms with E-state index in [-0.39, 0.29) is 5.91 Å². The molecule has 2 atom stereocenters. The second kappa shape index (κ2) is 6.20. The molecule has 0 aliphatic carbocycles. The Balaban J connectivity index is 2.16. The van der Waals surface area contributed by atoms with Gasteiger partial charge in [0.25, 0.3) is 5.91 Å². The van der Waals surface area contributed by atoms with Crippen LogP contribution in [-0.4, -0.2) is 36.0 Å². The lowest BCUT2D eigenvalue weighted by Gasteiger charge is -2.40. The summed E-state index contributed by atoms with van der Waals surface area (Å²) in [7, 11) is 0. The maximum Gasteiger partial charge on any atom is 0.254 e. The molecule has 2 unspecified atom stereocenters. The van der Waals surface area contributed by atoms with E-state index in [9.17, 15) is 4.79 Å². The molecule has 19 heavy (non-hydrogen) atoms. The molecule has 1 aliphatic rings. The minimum atomic E-state index is 0.173. The number of amides is 1. The topological polar surface area (TPSA) is 32.3 Å². The fourth-order valence-electron chi connectivity index (χ4n) is 2.61. The van der Waals surface area contributed by atoms with Crippen molar-refractivity contribution in [2.45, 2.75) is 45.7 Å². The number of nitrogens with one attached hydrogen (secondary N) is 1. The average molecular weight is 260 g/mol. The van der Waals surface area contributed by atoms with Gasteiger partial charge in [-0.25, -0.2) is 0 Å². The number of benzene rings is 1. The third-order valence-electron chi connectivity index (χ3n) is 4.02. The number of piperazine rings is 1. The third-order valence-corrected chi connectivity index (χ3v) is 4.02. The van der Waals surface area contributed by atoms with Gasteiger partial charge in [-0.1, -0.05) is 31.5 Å². The SMILES string of the molecule is CCC1CN(C(=O)c2ccc(C)cc2)C(CC)CN1. The molecule has 0 spiro atoms. The van der Waals surface area contributed by atoms with Gasteiger partial charge in [0, 0.05) is 30.7 Å². The minimum Gasteiger partial charge on any atom is -0.333 e. The molecule has 1 fully saturated rings. The Bertz CT molecular complexity index is 427. The molecule has 0 radical (unpaired) electrons. The lowest BCUT2D eigenvalue weighted by atomic mass is 10.0. The summed E-state index contributed by atoms with van der Waals surface area (Å²) in [5.41, 5.74) is 2.00. The van der Waals surface area contributed by atoms with Crippen molar-refractivity contribution in [1.82, 2.24) is 10.2 Å². The summed E-state index contributed by atoms with van der Waals surface area (Å²) in [5.74, 6) is 0.173. The molecule has 2 rings (SSSR count). The Kier molecular flexibility index (Phi) is 4.59. The molecule has 1 saturated heterocycles. The Morgan fingerprint density at radius 1 is 1.26 bits per heavy atom. The number of carbonyl (C=O) groups excluding carboxylic acids is 1. The zero-order valence-electron chi connectivity index (χ0n) is 12.1. The van der Waals surface area contributed by atoms with E-state index in [1.165, 1.54) is 5.56 Å². The van der Waals surface area contributed by atoms with Gasteiger partial charge in [-0.2, -0.15) is 0 Å². The Labute approximate surface area is 116 Å². The quantitative estimate of drug-likeness (QED) is 0.906. The second-order valence-electron chi connectivity index (χ2n) is 5.40. The molecule has 1 aromatic carbocycles. The zero-order chi connectivity index (χ0) is 13.8. The summed E-state index contributed by atoms with van der Waals surface area (Å²) in [6.07, 6.45) is 2.06. The predicted octanol–water partition coefficient (Wildman–Crippen LogP) is 2.60. The average Bonchev–Trinajstić information content (AvgIpc) is 2.46. The van der Waals surface area contributed by atoms with Crippen molar-refractivity contribution in [2.24, 2.45) is 0 Å². The summed E-state index contributed by atoms with van der Waals surface area (Å²) in [6, 6.07) is 8.64. The van der Waals surface area contributed by atoms with Crippen LogP contribution in [0.5, 0.6) is 0 Å². The van der Waals surface area contributed by atoms with Crippen LogP contribution >= 0.6 is 0 Å². The van der Waals surface area contributed by atoms with Gasteiger partial charge in [-0.3, -0.25) is 4.79 Å². The van der Waals surface area contributed by atoms with Crippen molar-refractivity contribution in [3.05, 3.63) is 35.4 Å². The second-order valence-corrected chi connectivity index (χ2v) is 5.40. The van der Waals surface area contributed by atoms with E-state index in [1.54, 1.807) is 0 Å². The highest BCUT2D eigenvalue weighted by Crippen LogP contribution is 2.16. The number of rotatable bonds is 3. The van der Waals surface area contributed by atoms with Gasteiger partial charge < -0.3 is 10.2 Å². The molecule has 1 aromatic rings. The van der Waals surface area contributed by atoms with Crippen LogP contribution in [0, 0.1) is 6.92 Å². The first-order valence-electron chi connectivity index (χ1n) is 7.26. The summed E-state index contributed by atoms with van der Waals surface area (Å²) in [6.45, 7) is 8.09. The van der Waals surface area contributed by atoms with E-state index in [2.05, 4.69) is 24.1 Å². The molecule has 0 bridgehead atoms. The molecule has 0 saturated carbocycles. The number of aryl methyl sites for hydroxylation is 1. The first-order chi connectivity index (χ1) is 9.15. The first kappa shape index (κ1) is 14.1. The molecule has 1 N–H and O–H groups in total. The van der Waals surface area contributed by atoms with Gasteiger partial charge in [0.05, 0.1) is 0 Å². The standard InChI is InChI=1S/C16H24N2O/c1-4-14-11-18(15(5-2)10-17-14)16(19)13-8-6-12(3)7-9-13/h6-9,14-15,17H,4-5,10-11H2,1-3H3. The van der Waals surface area contributed by atoms with Crippen molar-refractivity contribution < 1.29 is 4.79 Å². The van der Waals surface area contributed by atoms with Crippen molar-refractivity contribution in [3.63, 3.8) is 0 Å². The summed E-state index contributed by atoms with van der Waals surface area (Å²) in [4.78, 5) is 14.7. The van der Waals surface area contributed by atoms with E-state index >= 15 is 0 Å². The molecule has 1 aliphatic heterocycles. The van der Waals surface area contributed by atoms with Crippen molar-refractivity contribution in [2.75, 3.05) is 13.1 Å². The fraction of sp³-hybridized carbons (Fsp3) is 0.562. The molecule has 1 amide bonds. The number of nitrogens with zero attached hydrogens (tertiary/aromatic N) is 1. The van der Waals surface area contributed by atoms with Gasteiger partial charge >= 0.3 is 0 Å². The van der Waals surface area contributed by atoms with Crippen molar-refractivity contribution >= 4 is 5.91 Å². The Hall–Kier alpha value is -1.35. The minimum absolute atomic E-state index is 0.173. The molecule has 0 aromatic heterocycles. The van der Waals surface area contributed by atoms with Gasteiger partial charge in [0.1, 0.15) is 0 Å². The van der Waals surface area contributed by atoms with Crippen LogP contribution in [0.2, 0.25) is 0 Å². The van der Waals surface area contributed by atoms with E-state index in [1.807, 2.05) is 31.2 Å². The fourth-order valence-corrected chi connectivity index (χ4v) is 2.61. The monoisotopic (exact) mass is 260 g/mol. The lowest BCUT2D eigenvalue weighted by Crippen LogP contribution is -2.57. The third kappa shape index (κ3) is 3.16. The molecule has 3 nitrogen and oxygen atoms in total. The van der Waals surface area contributed by atoms with Crippen LogP contribution in [0.4, 0.5) is 0 Å². The summed E-state index contributed by atoms with van der Waals surface area (Å²) < 4.78 is 0. The molecule has 1 heterocycles. The predicted molar refractivity (Wildman–Crippen MR) is 78.4 cm³/mol. The highest BCUT2D eigenvalue weighted by atomic mass is 16.2. The smallest absolute Gasteiger partial charge is 0.254 e. The highest BCUT2D eigenvalue weighted by Gasteiger charge is 2.29. The molecule has 3 heteroatoms. The van der Waals surface area contributed by atoms with Crippen LogP contribution in [-0.2, 0) is 0 Å². The van der Waals surface area contributed by atoms with Crippen LogP contribution in [0.25, 0.3) is 0 Å². The van der Waals surface area contributed by atoms with Crippen LogP contribution in [0.1, 0.15) is 42.6 Å². The van der Waals surface area contributed by atoms with E-state index in [0.717, 1.165) is 31.5 Å². The van der Waals surface area contributed by atoms with Crippen molar-refractivity contribution in [1.29, 1.82) is 0 Å². The maximum absolute atomic E-state index is 12.6. The first-order valence-corrected chi connectivity index (χ1v) is 7.26. The number of carbonyl (C=O) groups is 1. The van der Waals surface area contributed by atoms with Gasteiger partial charge in [-0.05, 0) is 31.9 Å². The summed E-state index contributed by atoms with van der Waals surface area (Å²) >= 11 is 0. The molecular weight excluding hydrogens is 236 g/mol. The van der Waals surface area contributed by atoms with Crippen molar-refractivity contribution in [3.8, 4) is 0 Å². The molecular formula is C16H24N2O. The van der Waals surface area contributed by atoms with E-state index in [0.29, 0.717) is 12.1 Å². The van der Waals surface area contributed by atoms with E-state index in [4.69, 9.17) is 0 Å². The van der Waals surface area contributed by atoms with Crippen LogP contribution < -0.4 is 5.32 Å². The number of hydrogen-bond donors (Lipinski definition) is 1. The van der Waals surface area contributed by atoms with Crippen LogP contribution in [0.15, 0.2) is 24.3 Å². The maximum atomic E-state index is 12.6. The van der Waals surface area contributed by atoms with Crippen LogP contribution in [0.3, 0.4) is 0 Å². The van der Waals surface area contributed by atoms with Gasteiger partial charge in [-0.15, -0.1) is 0 Å². The van der Waals surface area contributed by atoms with Gasteiger partial charge in [0.15, 0.2) is 0 Å². The highest BCUT2D eigenvalue weighted by molar-refractivity contribution is 5.94. The number of hydrogen-bond acceptors (Lipinski definition) is 2. The van der Waals surface area contributed by atoms with Gasteiger partial charge in [0.2, 0.25) is 0 Å². The zero-order valence-corrected chi connectivity index (χ0v) is 12.1. The lowest BCUT2D eigenvalue weighted by molar-refractivity contribution is 0.0576. The van der Waals surface area contributed by atoms with E-state index < -0.39 is 0 Å². The summed E-state index contributed by atoms with van der Waals surface area (Å²) in [5, 5.41) is 3.52. The Morgan fingerprint density at radius 3 is 2.53 bits per heavy atom. The largest absolute Gasteiger partial charge is 0.333 e. The Morgan fingerprint density at radius 2 is 1.95 bits per heavy atom. The normalized spacial score (nSPS) is 23.4.